The Labute approximate surface area is 82.7 Å². The van der Waals surface area contributed by atoms with Gasteiger partial charge in [0.25, 0.3) is 0 Å². The second-order valence-corrected chi connectivity index (χ2v) is 3.08. The van der Waals surface area contributed by atoms with Gasteiger partial charge in [-0.3, -0.25) is 10.6 Å². The summed E-state index contributed by atoms with van der Waals surface area (Å²) in [6.45, 7) is 0. The smallest absolute Gasteiger partial charge is 0.322 e. The van der Waals surface area contributed by atoms with Crippen LogP contribution in [0.25, 0.3) is 0 Å². The van der Waals surface area contributed by atoms with Gasteiger partial charge < -0.3 is 5.11 Å². The van der Waals surface area contributed by atoms with E-state index >= 15 is 0 Å². The normalized spacial score (nSPS) is 12.4. The van der Waals surface area contributed by atoms with Crippen LogP contribution in [0.5, 0.6) is 0 Å². The van der Waals surface area contributed by atoms with Crippen molar-refractivity contribution in [1.82, 2.24) is 5.43 Å². The molecule has 0 fully saturated rings. The number of aliphatic carboxylic acids is 1. The highest BCUT2D eigenvalue weighted by molar-refractivity contribution is 5.73. The Bertz CT molecular complexity index is 287. The van der Waals surface area contributed by atoms with Crippen LogP contribution >= 0.6 is 0 Å². The summed E-state index contributed by atoms with van der Waals surface area (Å²) in [6, 6.07) is 9.06. The monoisotopic (exact) mass is 194 g/mol. The van der Waals surface area contributed by atoms with E-state index < -0.39 is 12.0 Å². The van der Waals surface area contributed by atoms with Crippen LogP contribution in [-0.2, 0) is 11.2 Å². The summed E-state index contributed by atoms with van der Waals surface area (Å²) >= 11 is 0. The quantitative estimate of drug-likeness (QED) is 0.472. The lowest BCUT2D eigenvalue weighted by Crippen LogP contribution is -2.41. The minimum Gasteiger partial charge on any atom is -0.480 e. The molecule has 1 aromatic rings. The maximum Gasteiger partial charge on any atom is 0.322 e. The third kappa shape index (κ3) is 3.16. The summed E-state index contributed by atoms with van der Waals surface area (Å²) < 4.78 is 0. The van der Waals surface area contributed by atoms with E-state index in [4.69, 9.17) is 10.9 Å². The molecule has 4 heteroatoms. The molecule has 0 amide bonds. The van der Waals surface area contributed by atoms with Crippen LogP contribution in [0.3, 0.4) is 0 Å². The zero-order valence-corrected chi connectivity index (χ0v) is 7.81. The first-order valence-electron chi connectivity index (χ1n) is 4.47. The van der Waals surface area contributed by atoms with Crippen molar-refractivity contribution < 1.29 is 9.90 Å². The minimum absolute atomic E-state index is 0.496. The van der Waals surface area contributed by atoms with E-state index in [1.807, 2.05) is 30.3 Å². The van der Waals surface area contributed by atoms with Gasteiger partial charge in [-0.15, -0.1) is 0 Å². The van der Waals surface area contributed by atoms with Crippen molar-refractivity contribution in [2.45, 2.75) is 18.9 Å². The molecule has 0 saturated heterocycles. The van der Waals surface area contributed by atoms with Gasteiger partial charge in [-0.1, -0.05) is 30.3 Å². The van der Waals surface area contributed by atoms with Crippen molar-refractivity contribution in [3.05, 3.63) is 35.9 Å². The Morgan fingerprint density at radius 1 is 1.43 bits per heavy atom. The number of carboxylic acid groups (broad SMARTS) is 1. The summed E-state index contributed by atoms with van der Waals surface area (Å²) in [6.07, 6.45) is 1.21. The lowest BCUT2D eigenvalue weighted by Gasteiger charge is -2.10. The van der Waals surface area contributed by atoms with Crippen LogP contribution in [0.2, 0.25) is 0 Å². The molecular formula is C10H14N2O2. The molecule has 76 valence electrons. The van der Waals surface area contributed by atoms with Gasteiger partial charge >= 0.3 is 5.97 Å². The number of nitrogens with two attached hydrogens (primary N) is 1. The largest absolute Gasteiger partial charge is 0.480 e. The number of carboxylic acids is 1. The highest BCUT2D eigenvalue weighted by Gasteiger charge is 2.14. The molecule has 0 aliphatic rings. The summed E-state index contributed by atoms with van der Waals surface area (Å²) in [5.74, 6) is 4.19. The second-order valence-electron chi connectivity index (χ2n) is 3.08. The Balaban J connectivity index is 2.44. The predicted octanol–water partition coefficient (Wildman–Crippen LogP) is 0.536. The number of aryl methyl sites for hydroxylation is 1. The topological polar surface area (TPSA) is 75.3 Å². The van der Waals surface area contributed by atoms with Crippen molar-refractivity contribution in [2.75, 3.05) is 0 Å². The SMILES string of the molecule is NNC(CCc1ccccc1)C(=O)O. The fourth-order valence-electron chi connectivity index (χ4n) is 1.23. The average Bonchev–Trinajstić information content (AvgIpc) is 2.20. The Hall–Kier alpha value is -1.39. The molecule has 0 radical (unpaired) electrons. The third-order valence-electron chi connectivity index (χ3n) is 2.06. The molecule has 4 nitrogen and oxygen atoms in total. The van der Waals surface area contributed by atoms with E-state index in [-0.39, 0.29) is 0 Å². The van der Waals surface area contributed by atoms with Crippen LogP contribution in [-0.4, -0.2) is 17.1 Å². The van der Waals surface area contributed by atoms with Crippen LogP contribution < -0.4 is 11.3 Å². The second kappa shape index (κ2) is 5.36. The van der Waals surface area contributed by atoms with Crippen molar-refractivity contribution in [3.8, 4) is 0 Å². The minimum atomic E-state index is -0.913. The fourth-order valence-corrected chi connectivity index (χ4v) is 1.23. The van der Waals surface area contributed by atoms with Gasteiger partial charge in [0.05, 0.1) is 0 Å². The Kier molecular flexibility index (Phi) is 4.10. The molecule has 0 heterocycles. The number of benzene rings is 1. The highest BCUT2D eigenvalue weighted by atomic mass is 16.4. The Morgan fingerprint density at radius 2 is 2.07 bits per heavy atom. The molecular weight excluding hydrogens is 180 g/mol. The highest BCUT2D eigenvalue weighted by Crippen LogP contribution is 2.04. The Morgan fingerprint density at radius 3 is 2.57 bits per heavy atom. The van der Waals surface area contributed by atoms with Gasteiger partial charge in [-0.2, -0.15) is 0 Å². The average molecular weight is 194 g/mol. The van der Waals surface area contributed by atoms with Gasteiger partial charge in [0.2, 0.25) is 0 Å². The first kappa shape index (κ1) is 10.7. The zero-order valence-electron chi connectivity index (χ0n) is 7.81. The first-order chi connectivity index (χ1) is 6.74. The first-order valence-corrected chi connectivity index (χ1v) is 4.47. The van der Waals surface area contributed by atoms with Gasteiger partial charge in [-0.05, 0) is 18.4 Å². The molecule has 14 heavy (non-hydrogen) atoms. The van der Waals surface area contributed by atoms with Crippen molar-refractivity contribution in [1.29, 1.82) is 0 Å². The van der Waals surface area contributed by atoms with Crippen molar-refractivity contribution >= 4 is 5.97 Å². The number of carbonyl (C=O) groups is 1. The molecule has 0 bridgehead atoms. The number of hydrogen-bond donors (Lipinski definition) is 3. The molecule has 1 rings (SSSR count). The lowest BCUT2D eigenvalue weighted by molar-refractivity contribution is -0.139. The van der Waals surface area contributed by atoms with Gasteiger partial charge in [0.15, 0.2) is 0 Å². The predicted molar refractivity (Wildman–Crippen MR) is 53.5 cm³/mol. The number of rotatable bonds is 5. The molecule has 0 saturated carbocycles. The van der Waals surface area contributed by atoms with E-state index in [2.05, 4.69) is 5.43 Å². The zero-order chi connectivity index (χ0) is 10.4. The summed E-state index contributed by atoms with van der Waals surface area (Å²) in [7, 11) is 0. The molecule has 0 spiro atoms. The molecule has 1 atom stereocenters. The molecule has 0 aromatic heterocycles. The van der Waals surface area contributed by atoms with Crippen LogP contribution in [0, 0.1) is 0 Å². The van der Waals surface area contributed by atoms with Gasteiger partial charge in [0, 0.05) is 0 Å². The van der Waals surface area contributed by atoms with Gasteiger partial charge in [-0.25, -0.2) is 5.43 Å². The van der Waals surface area contributed by atoms with Crippen LogP contribution in [0.15, 0.2) is 30.3 Å². The van der Waals surface area contributed by atoms with E-state index in [0.717, 1.165) is 5.56 Å². The fraction of sp³-hybridized carbons (Fsp3) is 0.300. The van der Waals surface area contributed by atoms with E-state index in [1.54, 1.807) is 0 Å². The van der Waals surface area contributed by atoms with E-state index in [0.29, 0.717) is 12.8 Å². The maximum atomic E-state index is 10.6. The number of hydrogen-bond acceptors (Lipinski definition) is 3. The molecule has 0 aliphatic heterocycles. The van der Waals surface area contributed by atoms with Gasteiger partial charge in [0.1, 0.15) is 6.04 Å². The number of nitrogens with one attached hydrogen (secondary N) is 1. The summed E-state index contributed by atoms with van der Waals surface area (Å²) in [5.41, 5.74) is 3.39. The molecule has 0 aliphatic carbocycles. The maximum absolute atomic E-state index is 10.6. The summed E-state index contributed by atoms with van der Waals surface area (Å²) in [4.78, 5) is 10.6. The van der Waals surface area contributed by atoms with Crippen LogP contribution in [0.4, 0.5) is 0 Å². The van der Waals surface area contributed by atoms with E-state index in [1.165, 1.54) is 0 Å². The van der Waals surface area contributed by atoms with E-state index in [9.17, 15) is 4.79 Å². The van der Waals surface area contributed by atoms with Crippen molar-refractivity contribution in [3.63, 3.8) is 0 Å². The van der Waals surface area contributed by atoms with Crippen LogP contribution in [0.1, 0.15) is 12.0 Å². The standard InChI is InChI=1S/C10H14N2O2/c11-12-9(10(13)14)7-6-8-4-2-1-3-5-8/h1-5,9,12H,6-7,11H2,(H,13,14). The lowest BCUT2D eigenvalue weighted by atomic mass is 10.1. The summed E-state index contributed by atoms with van der Waals surface area (Å²) in [5, 5.41) is 8.71. The molecule has 1 aromatic carbocycles. The molecule has 4 N–H and O–H groups in total. The molecule has 1 unspecified atom stereocenters. The van der Waals surface area contributed by atoms with Crippen molar-refractivity contribution in [2.24, 2.45) is 5.84 Å². The third-order valence-corrected chi connectivity index (χ3v) is 2.06. The number of hydrazine groups is 1.